The van der Waals surface area contributed by atoms with Crippen LogP contribution in [0.2, 0.25) is 10.0 Å². The fourth-order valence-electron chi connectivity index (χ4n) is 4.37. The SMILES string of the molecule is O=C(CSc1nnc(-c2ccccc2OCc2cn(-c3ccc(Cl)cc3)nn2)n1Cc1ccccc1)c1ccc(Cl)cc1. The highest BCUT2D eigenvalue weighted by Gasteiger charge is 2.20. The lowest BCUT2D eigenvalue weighted by molar-refractivity contribution is 0.102. The van der Waals surface area contributed by atoms with Crippen molar-refractivity contribution < 1.29 is 9.53 Å². The Labute approximate surface area is 262 Å². The van der Waals surface area contributed by atoms with Crippen LogP contribution in [0.15, 0.2) is 114 Å². The lowest BCUT2D eigenvalue weighted by Gasteiger charge is -2.13. The van der Waals surface area contributed by atoms with Crippen LogP contribution < -0.4 is 4.74 Å². The zero-order valence-electron chi connectivity index (χ0n) is 22.7. The second-order valence-corrected chi connectivity index (χ2v) is 11.3. The van der Waals surface area contributed by atoms with E-state index in [2.05, 4.69) is 20.5 Å². The summed E-state index contributed by atoms with van der Waals surface area (Å²) in [5.74, 6) is 1.44. The quantitative estimate of drug-likeness (QED) is 0.109. The van der Waals surface area contributed by atoms with Gasteiger partial charge in [0.25, 0.3) is 0 Å². The maximum atomic E-state index is 12.9. The number of hydrogen-bond donors (Lipinski definition) is 0. The Balaban J connectivity index is 1.24. The van der Waals surface area contributed by atoms with Crippen molar-refractivity contribution in [1.29, 1.82) is 0 Å². The first kappa shape index (κ1) is 28.7. The van der Waals surface area contributed by atoms with Crippen molar-refractivity contribution in [3.8, 4) is 22.8 Å². The molecule has 0 amide bonds. The summed E-state index contributed by atoms with van der Waals surface area (Å²) in [6.07, 6.45) is 1.82. The highest BCUT2D eigenvalue weighted by molar-refractivity contribution is 7.99. The average molecular weight is 628 g/mol. The minimum Gasteiger partial charge on any atom is -0.486 e. The fraction of sp³-hybridized carbons (Fsp3) is 0.0938. The second kappa shape index (κ2) is 13.2. The Morgan fingerprint density at radius 1 is 0.791 bits per heavy atom. The Morgan fingerprint density at radius 3 is 2.26 bits per heavy atom. The van der Waals surface area contributed by atoms with Crippen LogP contribution in [-0.2, 0) is 13.2 Å². The maximum Gasteiger partial charge on any atom is 0.192 e. The summed E-state index contributed by atoms with van der Waals surface area (Å²) >= 11 is 13.3. The van der Waals surface area contributed by atoms with Gasteiger partial charge >= 0.3 is 0 Å². The van der Waals surface area contributed by atoms with E-state index >= 15 is 0 Å². The van der Waals surface area contributed by atoms with Crippen molar-refractivity contribution >= 4 is 40.7 Å². The summed E-state index contributed by atoms with van der Waals surface area (Å²) in [4.78, 5) is 12.9. The van der Waals surface area contributed by atoms with E-state index in [1.807, 2.05) is 77.5 Å². The topological polar surface area (TPSA) is 87.7 Å². The minimum absolute atomic E-state index is 0.0205. The Morgan fingerprint density at radius 2 is 1.49 bits per heavy atom. The van der Waals surface area contributed by atoms with Crippen LogP contribution in [0.4, 0.5) is 0 Å². The molecule has 214 valence electrons. The number of ketones is 1. The largest absolute Gasteiger partial charge is 0.486 e. The number of halogens is 2. The van der Waals surface area contributed by atoms with E-state index in [1.165, 1.54) is 11.8 Å². The number of benzene rings is 4. The number of rotatable bonds is 11. The first-order valence-corrected chi connectivity index (χ1v) is 15.1. The number of hydrogen-bond acceptors (Lipinski definition) is 7. The molecule has 11 heteroatoms. The summed E-state index contributed by atoms with van der Waals surface area (Å²) in [7, 11) is 0. The molecule has 2 heterocycles. The molecule has 8 nitrogen and oxygen atoms in total. The van der Waals surface area contributed by atoms with Gasteiger partial charge in [-0.05, 0) is 66.2 Å². The van der Waals surface area contributed by atoms with Crippen molar-refractivity contribution in [3.63, 3.8) is 0 Å². The van der Waals surface area contributed by atoms with Gasteiger partial charge < -0.3 is 4.74 Å². The molecular weight excluding hydrogens is 603 g/mol. The van der Waals surface area contributed by atoms with Gasteiger partial charge in [0.15, 0.2) is 16.8 Å². The van der Waals surface area contributed by atoms with Crippen LogP contribution in [-0.4, -0.2) is 41.3 Å². The van der Waals surface area contributed by atoms with Crippen LogP contribution in [0.25, 0.3) is 17.1 Å². The number of thioether (sulfide) groups is 1. The molecule has 6 aromatic rings. The molecule has 6 rings (SSSR count). The van der Waals surface area contributed by atoms with E-state index in [1.54, 1.807) is 41.1 Å². The zero-order valence-corrected chi connectivity index (χ0v) is 25.0. The third kappa shape index (κ3) is 6.97. The van der Waals surface area contributed by atoms with Gasteiger partial charge in [0.2, 0.25) is 0 Å². The van der Waals surface area contributed by atoms with Crippen molar-refractivity contribution in [2.75, 3.05) is 5.75 Å². The summed E-state index contributed by atoms with van der Waals surface area (Å²) in [5.41, 5.74) is 3.95. The van der Waals surface area contributed by atoms with Gasteiger partial charge in [-0.3, -0.25) is 9.36 Å². The zero-order chi connectivity index (χ0) is 29.6. The average Bonchev–Trinajstić information content (AvgIpc) is 3.67. The molecule has 0 unspecified atom stereocenters. The molecule has 0 aliphatic heterocycles. The summed E-state index contributed by atoms with van der Waals surface area (Å²) < 4.78 is 9.92. The van der Waals surface area contributed by atoms with E-state index in [0.717, 1.165) is 16.8 Å². The molecule has 0 bridgehead atoms. The van der Waals surface area contributed by atoms with E-state index in [-0.39, 0.29) is 18.1 Å². The molecule has 0 saturated carbocycles. The predicted molar refractivity (Wildman–Crippen MR) is 168 cm³/mol. The highest BCUT2D eigenvalue weighted by atomic mass is 35.5. The third-order valence-corrected chi connectivity index (χ3v) is 8.01. The molecule has 0 aliphatic rings. The smallest absolute Gasteiger partial charge is 0.192 e. The molecule has 0 N–H and O–H groups in total. The Kier molecular flexibility index (Phi) is 8.83. The Bertz CT molecular complexity index is 1840. The first-order valence-electron chi connectivity index (χ1n) is 13.3. The molecule has 4 aromatic carbocycles. The molecule has 43 heavy (non-hydrogen) atoms. The van der Waals surface area contributed by atoms with Crippen LogP contribution in [0.5, 0.6) is 5.75 Å². The second-order valence-electron chi connectivity index (χ2n) is 9.51. The minimum atomic E-state index is -0.0205. The highest BCUT2D eigenvalue weighted by Crippen LogP contribution is 2.32. The van der Waals surface area contributed by atoms with Gasteiger partial charge in [-0.2, -0.15) is 0 Å². The van der Waals surface area contributed by atoms with Crippen molar-refractivity contribution in [2.45, 2.75) is 18.3 Å². The molecule has 0 atom stereocenters. The summed E-state index contributed by atoms with van der Waals surface area (Å²) in [6.45, 7) is 0.721. The number of ether oxygens (including phenoxy) is 1. The van der Waals surface area contributed by atoms with Gasteiger partial charge in [0.05, 0.1) is 29.7 Å². The van der Waals surface area contributed by atoms with E-state index < -0.39 is 0 Å². The van der Waals surface area contributed by atoms with Crippen LogP contribution in [0, 0.1) is 0 Å². The van der Waals surface area contributed by atoms with Crippen molar-refractivity contribution in [3.05, 3.63) is 136 Å². The molecule has 2 aromatic heterocycles. The van der Waals surface area contributed by atoms with Crippen LogP contribution in [0.1, 0.15) is 21.6 Å². The van der Waals surface area contributed by atoms with Gasteiger partial charge in [0, 0.05) is 15.6 Å². The number of carbonyl (C=O) groups excluding carboxylic acids is 1. The number of nitrogens with zero attached hydrogens (tertiary/aromatic N) is 6. The van der Waals surface area contributed by atoms with Crippen molar-refractivity contribution in [2.24, 2.45) is 0 Å². The van der Waals surface area contributed by atoms with Crippen molar-refractivity contribution in [1.82, 2.24) is 29.8 Å². The van der Waals surface area contributed by atoms with Crippen LogP contribution >= 0.6 is 35.0 Å². The van der Waals surface area contributed by atoms with Gasteiger partial charge in [0.1, 0.15) is 18.1 Å². The van der Waals surface area contributed by atoms with E-state index in [9.17, 15) is 4.79 Å². The Hall–Kier alpha value is -4.44. The lowest BCUT2D eigenvalue weighted by atomic mass is 10.1. The number of carbonyl (C=O) groups is 1. The molecule has 0 radical (unpaired) electrons. The monoisotopic (exact) mass is 626 g/mol. The molecule has 0 aliphatic carbocycles. The van der Waals surface area contributed by atoms with E-state index in [4.69, 9.17) is 27.9 Å². The van der Waals surface area contributed by atoms with Gasteiger partial charge in [-0.25, -0.2) is 4.68 Å². The standard InChI is InChI=1S/C32H24Cl2N6O2S/c33-24-12-10-23(11-13-24)29(41)21-43-32-37-36-31(39(32)18-22-6-2-1-3-7-22)28-8-4-5-9-30(28)42-20-26-19-40(38-35-26)27-16-14-25(34)15-17-27/h1-17,19H,18,20-21H2. The normalized spacial score (nSPS) is 11.0. The molecular formula is C32H24Cl2N6O2S. The number of Topliss-reactive ketones (excluding diaryl/α,β-unsaturated/α-hetero) is 1. The predicted octanol–water partition coefficient (Wildman–Crippen LogP) is 7.43. The summed E-state index contributed by atoms with van der Waals surface area (Å²) in [5, 5.41) is 19.4. The first-order chi connectivity index (χ1) is 21.0. The third-order valence-electron chi connectivity index (χ3n) is 6.53. The molecule has 0 fully saturated rings. The van der Waals surface area contributed by atoms with Gasteiger partial charge in [-0.15, -0.1) is 15.3 Å². The molecule has 0 saturated heterocycles. The number of aromatic nitrogens is 6. The van der Waals surface area contributed by atoms with E-state index in [0.29, 0.717) is 44.6 Å². The fourth-order valence-corrected chi connectivity index (χ4v) is 5.45. The van der Waals surface area contributed by atoms with Gasteiger partial charge in [-0.1, -0.05) is 82.6 Å². The molecule has 0 spiro atoms. The summed E-state index contributed by atoms with van der Waals surface area (Å²) in [6, 6.07) is 31.9. The lowest BCUT2D eigenvalue weighted by Crippen LogP contribution is -2.07. The maximum absolute atomic E-state index is 12.9. The number of para-hydroxylation sites is 1. The van der Waals surface area contributed by atoms with Crippen LogP contribution in [0.3, 0.4) is 0 Å².